The van der Waals surface area contributed by atoms with Gasteiger partial charge in [0.1, 0.15) is 0 Å². The second kappa shape index (κ2) is 7.52. The van der Waals surface area contributed by atoms with E-state index >= 15 is 0 Å². The second-order valence-electron chi connectivity index (χ2n) is 7.89. The molecule has 0 spiro atoms. The lowest BCUT2D eigenvalue weighted by atomic mass is 10.0. The topological polar surface area (TPSA) is 60.8 Å². The van der Waals surface area contributed by atoms with E-state index in [1.54, 1.807) is 11.6 Å². The fourth-order valence-corrected chi connectivity index (χ4v) is 4.49. The first-order valence-corrected chi connectivity index (χ1v) is 10.4. The van der Waals surface area contributed by atoms with Gasteiger partial charge in [0, 0.05) is 31.5 Å². The van der Waals surface area contributed by atoms with Crippen LogP contribution in [0.4, 0.5) is 0 Å². The van der Waals surface area contributed by atoms with Crippen molar-refractivity contribution in [3.8, 4) is 11.5 Å². The molecule has 30 heavy (non-hydrogen) atoms. The van der Waals surface area contributed by atoms with Crippen LogP contribution in [0.25, 0.3) is 10.9 Å². The van der Waals surface area contributed by atoms with Crippen molar-refractivity contribution in [2.75, 3.05) is 19.8 Å². The predicted molar refractivity (Wildman–Crippen MR) is 114 cm³/mol. The van der Waals surface area contributed by atoms with Gasteiger partial charge < -0.3 is 18.9 Å². The molecule has 0 bridgehead atoms. The fourth-order valence-electron chi connectivity index (χ4n) is 4.49. The minimum atomic E-state index is -0.177. The Balaban J connectivity index is 1.53. The minimum Gasteiger partial charge on any atom is -0.490 e. The fraction of sp³-hybridized carbons (Fsp3) is 0.333. The van der Waals surface area contributed by atoms with Crippen LogP contribution in [0.5, 0.6) is 11.5 Å². The van der Waals surface area contributed by atoms with Gasteiger partial charge >= 0.3 is 0 Å². The number of likely N-dealkylation sites (tertiary alicyclic amines) is 1. The molecule has 6 heteroatoms. The molecule has 0 aliphatic carbocycles. The van der Waals surface area contributed by atoms with Crippen molar-refractivity contribution in [1.29, 1.82) is 0 Å². The van der Waals surface area contributed by atoms with Crippen molar-refractivity contribution in [3.63, 3.8) is 0 Å². The van der Waals surface area contributed by atoms with Gasteiger partial charge in [-0.25, -0.2) is 0 Å². The third-order valence-corrected chi connectivity index (χ3v) is 6.05. The van der Waals surface area contributed by atoms with Gasteiger partial charge in [-0.05, 0) is 36.6 Å². The SMILES string of the molecule is Cn1c(=O)cc(C(=O)N2CCC[C@H]2c2ccc3c(c2)OCCCO3)c2ccccc21. The zero-order valence-corrected chi connectivity index (χ0v) is 17.0. The number of aryl methyl sites for hydroxylation is 1. The van der Waals surface area contributed by atoms with E-state index in [-0.39, 0.29) is 17.5 Å². The van der Waals surface area contributed by atoms with Crippen molar-refractivity contribution in [2.24, 2.45) is 7.05 Å². The average Bonchev–Trinajstić information content (AvgIpc) is 3.14. The molecule has 1 aromatic heterocycles. The predicted octanol–water partition coefficient (Wildman–Crippen LogP) is 3.68. The van der Waals surface area contributed by atoms with E-state index in [1.807, 2.05) is 47.4 Å². The van der Waals surface area contributed by atoms with Gasteiger partial charge in [0.05, 0.1) is 30.3 Å². The molecule has 0 unspecified atom stereocenters. The highest BCUT2D eigenvalue weighted by Crippen LogP contribution is 2.38. The molecule has 2 aliphatic heterocycles. The Kier molecular flexibility index (Phi) is 4.69. The summed E-state index contributed by atoms with van der Waals surface area (Å²) in [6.07, 6.45) is 2.66. The number of nitrogens with zero attached hydrogens (tertiary/aromatic N) is 2. The molecule has 6 nitrogen and oxygen atoms in total. The third kappa shape index (κ3) is 3.12. The number of amides is 1. The number of carbonyl (C=O) groups excluding carboxylic acids is 1. The number of ether oxygens (including phenoxy) is 2. The maximum Gasteiger partial charge on any atom is 0.255 e. The number of pyridine rings is 1. The number of rotatable bonds is 2. The molecule has 1 saturated heterocycles. The summed E-state index contributed by atoms with van der Waals surface area (Å²) in [5.74, 6) is 1.39. The summed E-state index contributed by atoms with van der Waals surface area (Å²) in [7, 11) is 1.73. The number of para-hydroxylation sites is 1. The highest BCUT2D eigenvalue weighted by Gasteiger charge is 2.32. The third-order valence-electron chi connectivity index (χ3n) is 6.05. The molecule has 2 aliphatic rings. The smallest absolute Gasteiger partial charge is 0.255 e. The van der Waals surface area contributed by atoms with Crippen LogP contribution in [0, 0.1) is 0 Å². The highest BCUT2D eigenvalue weighted by molar-refractivity contribution is 6.06. The van der Waals surface area contributed by atoms with Gasteiger partial charge in [-0.3, -0.25) is 9.59 Å². The van der Waals surface area contributed by atoms with E-state index in [1.165, 1.54) is 6.07 Å². The lowest BCUT2D eigenvalue weighted by molar-refractivity contribution is 0.0737. The van der Waals surface area contributed by atoms with Gasteiger partial charge in [-0.2, -0.15) is 0 Å². The molecular formula is C24H24N2O4. The molecule has 1 fully saturated rings. The summed E-state index contributed by atoms with van der Waals surface area (Å²) in [5, 5.41) is 0.800. The molecule has 154 valence electrons. The van der Waals surface area contributed by atoms with Crippen molar-refractivity contribution < 1.29 is 14.3 Å². The van der Waals surface area contributed by atoms with Gasteiger partial charge in [0.15, 0.2) is 11.5 Å². The first-order valence-electron chi connectivity index (χ1n) is 10.4. The van der Waals surface area contributed by atoms with Crippen LogP contribution in [0.3, 0.4) is 0 Å². The van der Waals surface area contributed by atoms with E-state index in [0.717, 1.165) is 47.2 Å². The van der Waals surface area contributed by atoms with E-state index < -0.39 is 0 Å². The molecule has 1 atom stereocenters. The minimum absolute atomic E-state index is 0.0440. The Bertz CT molecular complexity index is 1180. The number of fused-ring (bicyclic) bond motifs is 2. The summed E-state index contributed by atoms with van der Waals surface area (Å²) in [6.45, 7) is 1.95. The van der Waals surface area contributed by atoms with E-state index in [4.69, 9.17) is 9.47 Å². The van der Waals surface area contributed by atoms with Gasteiger partial charge in [-0.1, -0.05) is 24.3 Å². The Hall–Kier alpha value is -3.28. The molecule has 3 heterocycles. The van der Waals surface area contributed by atoms with E-state index in [9.17, 15) is 9.59 Å². The first-order chi connectivity index (χ1) is 14.6. The summed E-state index contributed by atoms with van der Waals surface area (Å²) in [6, 6.07) is 14.9. The number of aromatic nitrogens is 1. The number of carbonyl (C=O) groups is 1. The van der Waals surface area contributed by atoms with Crippen molar-refractivity contribution in [1.82, 2.24) is 9.47 Å². The molecule has 1 amide bonds. The second-order valence-corrected chi connectivity index (χ2v) is 7.89. The Morgan fingerprint density at radius 3 is 2.67 bits per heavy atom. The lowest BCUT2D eigenvalue weighted by Gasteiger charge is -2.26. The summed E-state index contributed by atoms with van der Waals surface area (Å²) >= 11 is 0. The lowest BCUT2D eigenvalue weighted by Crippen LogP contribution is -2.32. The van der Waals surface area contributed by atoms with E-state index in [2.05, 4.69) is 0 Å². The van der Waals surface area contributed by atoms with Crippen LogP contribution in [0.1, 0.15) is 41.2 Å². The monoisotopic (exact) mass is 404 g/mol. The van der Waals surface area contributed by atoms with E-state index in [0.29, 0.717) is 25.3 Å². The molecule has 2 aromatic carbocycles. The maximum absolute atomic E-state index is 13.6. The Morgan fingerprint density at radius 1 is 1.00 bits per heavy atom. The Labute approximate surface area is 174 Å². The standard InChI is InChI=1S/C24H24N2O4/c1-25-20-7-3-2-6-17(20)18(15-23(25)27)24(28)26-11-4-8-19(26)16-9-10-21-22(14-16)30-13-5-12-29-21/h2-3,6-7,9-10,14-15,19H,4-5,8,11-13H2,1H3/t19-/m0/s1. The van der Waals surface area contributed by atoms with Crippen LogP contribution < -0.4 is 15.0 Å². The Morgan fingerprint density at radius 2 is 1.80 bits per heavy atom. The quantitative estimate of drug-likeness (QED) is 0.654. The van der Waals surface area contributed by atoms with Crippen molar-refractivity contribution >= 4 is 16.8 Å². The zero-order valence-electron chi connectivity index (χ0n) is 17.0. The van der Waals surface area contributed by atoms with Crippen molar-refractivity contribution in [2.45, 2.75) is 25.3 Å². The number of benzene rings is 2. The van der Waals surface area contributed by atoms with Gasteiger partial charge in [-0.15, -0.1) is 0 Å². The van der Waals surface area contributed by atoms with Gasteiger partial charge in [0.25, 0.3) is 11.5 Å². The number of hydrogen-bond donors (Lipinski definition) is 0. The largest absolute Gasteiger partial charge is 0.490 e. The van der Waals surface area contributed by atoms with Crippen LogP contribution >= 0.6 is 0 Å². The molecule has 0 radical (unpaired) electrons. The summed E-state index contributed by atoms with van der Waals surface area (Å²) in [5.41, 5.74) is 2.09. The zero-order chi connectivity index (χ0) is 20.7. The number of hydrogen-bond acceptors (Lipinski definition) is 4. The van der Waals surface area contributed by atoms with Crippen LogP contribution in [0.15, 0.2) is 53.3 Å². The van der Waals surface area contributed by atoms with Crippen LogP contribution in [-0.4, -0.2) is 35.1 Å². The summed E-state index contributed by atoms with van der Waals surface area (Å²) < 4.78 is 13.2. The molecular weight excluding hydrogens is 380 g/mol. The van der Waals surface area contributed by atoms with Crippen LogP contribution in [-0.2, 0) is 7.05 Å². The normalized spacial score (nSPS) is 18.4. The molecule has 0 N–H and O–H groups in total. The molecule has 5 rings (SSSR count). The van der Waals surface area contributed by atoms with Gasteiger partial charge in [0.2, 0.25) is 0 Å². The average molecular weight is 404 g/mol. The highest BCUT2D eigenvalue weighted by atomic mass is 16.5. The van der Waals surface area contributed by atoms with Crippen LogP contribution in [0.2, 0.25) is 0 Å². The van der Waals surface area contributed by atoms with Crippen molar-refractivity contribution in [3.05, 3.63) is 70.0 Å². The first kappa shape index (κ1) is 18.7. The summed E-state index contributed by atoms with van der Waals surface area (Å²) in [4.78, 5) is 27.9. The molecule has 3 aromatic rings. The maximum atomic E-state index is 13.6. The molecule has 0 saturated carbocycles.